The molecule has 14 heavy (non-hydrogen) atoms. The standard InChI is InChI=1S/C10H18N2O2/c1-10(11,6-2-3-6)9(14)12-7-4-8(13)5-7/h6-8,13H,2-5,11H2,1H3,(H,12,14). The minimum Gasteiger partial charge on any atom is -0.393 e. The first-order chi connectivity index (χ1) is 6.50. The van der Waals surface area contributed by atoms with E-state index in [1.807, 2.05) is 0 Å². The Morgan fingerprint density at radius 2 is 2.07 bits per heavy atom. The highest BCUT2D eigenvalue weighted by Gasteiger charge is 2.45. The molecule has 4 N–H and O–H groups in total. The van der Waals surface area contributed by atoms with E-state index in [9.17, 15) is 4.79 Å². The molecule has 1 amide bonds. The van der Waals surface area contributed by atoms with E-state index in [1.165, 1.54) is 0 Å². The zero-order chi connectivity index (χ0) is 10.3. The molecule has 2 fully saturated rings. The fraction of sp³-hybridized carbons (Fsp3) is 0.900. The van der Waals surface area contributed by atoms with Crippen LogP contribution < -0.4 is 11.1 Å². The molecule has 4 heteroatoms. The maximum absolute atomic E-state index is 11.7. The minimum atomic E-state index is -0.708. The molecule has 0 radical (unpaired) electrons. The van der Waals surface area contributed by atoms with Gasteiger partial charge in [-0.2, -0.15) is 0 Å². The summed E-state index contributed by atoms with van der Waals surface area (Å²) in [5, 5.41) is 12.0. The second-order valence-electron chi connectivity index (χ2n) is 4.85. The van der Waals surface area contributed by atoms with Gasteiger partial charge in [-0.25, -0.2) is 0 Å². The molecular formula is C10H18N2O2. The first kappa shape index (κ1) is 9.93. The van der Waals surface area contributed by atoms with Crippen LogP contribution in [0.25, 0.3) is 0 Å². The highest BCUT2D eigenvalue weighted by Crippen LogP contribution is 2.38. The van der Waals surface area contributed by atoms with E-state index in [-0.39, 0.29) is 18.1 Å². The molecule has 4 nitrogen and oxygen atoms in total. The van der Waals surface area contributed by atoms with Crippen molar-refractivity contribution >= 4 is 5.91 Å². The summed E-state index contributed by atoms with van der Waals surface area (Å²) in [6.07, 6.45) is 3.24. The van der Waals surface area contributed by atoms with Crippen molar-refractivity contribution < 1.29 is 9.90 Å². The predicted molar refractivity (Wildman–Crippen MR) is 52.5 cm³/mol. The third-order valence-electron chi connectivity index (χ3n) is 3.36. The summed E-state index contributed by atoms with van der Waals surface area (Å²) in [5.74, 6) is 0.296. The van der Waals surface area contributed by atoms with Crippen LogP contribution in [0.2, 0.25) is 0 Å². The number of carbonyl (C=O) groups is 1. The molecule has 0 saturated heterocycles. The van der Waals surface area contributed by atoms with E-state index in [0.717, 1.165) is 12.8 Å². The first-order valence-corrected chi connectivity index (χ1v) is 5.28. The Kier molecular flexibility index (Phi) is 2.27. The van der Waals surface area contributed by atoms with Crippen molar-refractivity contribution in [3.8, 4) is 0 Å². The van der Waals surface area contributed by atoms with E-state index >= 15 is 0 Å². The topological polar surface area (TPSA) is 75.4 Å². The van der Waals surface area contributed by atoms with Gasteiger partial charge in [0, 0.05) is 6.04 Å². The lowest BCUT2D eigenvalue weighted by atomic mass is 9.87. The second-order valence-corrected chi connectivity index (χ2v) is 4.85. The average Bonchev–Trinajstić information content (AvgIpc) is 2.83. The molecule has 0 aromatic carbocycles. The van der Waals surface area contributed by atoms with Gasteiger partial charge in [-0.05, 0) is 38.5 Å². The van der Waals surface area contributed by atoms with Crippen LogP contribution in [0.4, 0.5) is 0 Å². The second kappa shape index (κ2) is 3.21. The number of amides is 1. The highest BCUT2D eigenvalue weighted by molar-refractivity contribution is 5.86. The third kappa shape index (κ3) is 1.77. The summed E-state index contributed by atoms with van der Waals surface area (Å²) < 4.78 is 0. The van der Waals surface area contributed by atoms with Gasteiger partial charge < -0.3 is 16.2 Å². The number of nitrogens with one attached hydrogen (secondary N) is 1. The SMILES string of the molecule is CC(N)(C(=O)NC1CC(O)C1)C1CC1. The van der Waals surface area contributed by atoms with Gasteiger partial charge in [-0.15, -0.1) is 0 Å². The smallest absolute Gasteiger partial charge is 0.240 e. The van der Waals surface area contributed by atoms with Crippen LogP contribution in [0.15, 0.2) is 0 Å². The maximum Gasteiger partial charge on any atom is 0.240 e. The lowest BCUT2D eigenvalue weighted by Gasteiger charge is -2.35. The van der Waals surface area contributed by atoms with E-state index in [4.69, 9.17) is 10.8 Å². The Hall–Kier alpha value is -0.610. The van der Waals surface area contributed by atoms with Gasteiger partial charge in [0.15, 0.2) is 0 Å². The molecule has 0 aliphatic heterocycles. The number of aliphatic hydroxyl groups is 1. The molecule has 1 unspecified atom stereocenters. The zero-order valence-corrected chi connectivity index (χ0v) is 8.49. The lowest BCUT2D eigenvalue weighted by molar-refractivity contribution is -0.128. The molecule has 2 saturated carbocycles. The van der Waals surface area contributed by atoms with Crippen LogP contribution in [0.1, 0.15) is 32.6 Å². The van der Waals surface area contributed by atoms with Crippen LogP contribution in [-0.4, -0.2) is 28.7 Å². The maximum atomic E-state index is 11.7. The number of nitrogens with two attached hydrogens (primary N) is 1. The number of rotatable bonds is 3. The number of aliphatic hydroxyl groups excluding tert-OH is 1. The van der Waals surface area contributed by atoms with Gasteiger partial charge >= 0.3 is 0 Å². The molecule has 0 spiro atoms. The fourth-order valence-electron chi connectivity index (χ4n) is 1.91. The minimum absolute atomic E-state index is 0.0584. The lowest BCUT2D eigenvalue weighted by Crippen LogP contribution is -2.58. The van der Waals surface area contributed by atoms with E-state index < -0.39 is 5.54 Å². The van der Waals surface area contributed by atoms with Gasteiger partial charge in [0.25, 0.3) is 0 Å². The molecule has 0 heterocycles. The number of carbonyl (C=O) groups excluding carboxylic acids is 1. The Morgan fingerprint density at radius 1 is 1.50 bits per heavy atom. The largest absolute Gasteiger partial charge is 0.393 e. The Morgan fingerprint density at radius 3 is 2.50 bits per heavy atom. The van der Waals surface area contributed by atoms with Gasteiger partial charge in [-0.1, -0.05) is 0 Å². The molecule has 1 atom stereocenters. The molecule has 0 aromatic rings. The molecular weight excluding hydrogens is 180 g/mol. The van der Waals surface area contributed by atoms with Crippen molar-refractivity contribution in [2.24, 2.45) is 11.7 Å². The summed E-state index contributed by atoms with van der Waals surface area (Å²) in [7, 11) is 0. The van der Waals surface area contributed by atoms with Crippen molar-refractivity contribution in [3.05, 3.63) is 0 Å². The quantitative estimate of drug-likeness (QED) is 0.585. The van der Waals surface area contributed by atoms with Gasteiger partial charge in [0.05, 0.1) is 11.6 Å². The molecule has 80 valence electrons. The van der Waals surface area contributed by atoms with Crippen LogP contribution in [-0.2, 0) is 4.79 Å². The highest BCUT2D eigenvalue weighted by atomic mass is 16.3. The Balaban J connectivity index is 1.82. The van der Waals surface area contributed by atoms with Crippen molar-refractivity contribution in [2.75, 3.05) is 0 Å². The zero-order valence-electron chi connectivity index (χ0n) is 8.49. The molecule has 0 bridgehead atoms. The Bertz CT molecular complexity index is 243. The van der Waals surface area contributed by atoms with Crippen LogP contribution >= 0.6 is 0 Å². The van der Waals surface area contributed by atoms with Crippen LogP contribution in [0.3, 0.4) is 0 Å². The van der Waals surface area contributed by atoms with Crippen LogP contribution in [0, 0.1) is 5.92 Å². The van der Waals surface area contributed by atoms with Crippen LogP contribution in [0.5, 0.6) is 0 Å². The van der Waals surface area contributed by atoms with Gasteiger partial charge in [-0.3, -0.25) is 4.79 Å². The monoisotopic (exact) mass is 198 g/mol. The summed E-state index contributed by atoms with van der Waals surface area (Å²) in [4.78, 5) is 11.7. The Labute approximate surface area is 83.9 Å². The summed E-state index contributed by atoms with van der Waals surface area (Å²) >= 11 is 0. The molecule has 0 aromatic heterocycles. The summed E-state index contributed by atoms with van der Waals surface area (Å²) in [5.41, 5.74) is 5.24. The van der Waals surface area contributed by atoms with Crippen molar-refractivity contribution in [1.82, 2.24) is 5.32 Å². The fourth-order valence-corrected chi connectivity index (χ4v) is 1.91. The summed E-state index contributed by atoms with van der Waals surface area (Å²) in [6.45, 7) is 1.80. The molecule has 2 aliphatic rings. The van der Waals surface area contributed by atoms with Crippen molar-refractivity contribution in [3.63, 3.8) is 0 Å². The van der Waals surface area contributed by atoms with Crippen molar-refractivity contribution in [1.29, 1.82) is 0 Å². The summed E-state index contributed by atoms with van der Waals surface area (Å²) in [6, 6.07) is 0.138. The first-order valence-electron chi connectivity index (χ1n) is 5.28. The molecule has 2 aliphatic carbocycles. The molecule has 2 rings (SSSR count). The van der Waals surface area contributed by atoms with Gasteiger partial charge in [0.2, 0.25) is 5.91 Å². The van der Waals surface area contributed by atoms with E-state index in [0.29, 0.717) is 18.8 Å². The third-order valence-corrected chi connectivity index (χ3v) is 3.36. The van der Waals surface area contributed by atoms with E-state index in [2.05, 4.69) is 5.32 Å². The normalized spacial score (nSPS) is 35.6. The number of hydrogen-bond donors (Lipinski definition) is 3. The van der Waals surface area contributed by atoms with E-state index in [1.54, 1.807) is 6.92 Å². The number of hydrogen-bond acceptors (Lipinski definition) is 3. The predicted octanol–water partition coefficient (Wildman–Crippen LogP) is -0.247. The van der Waals surface area contributed by atoms with Crippen molar-refractivity contribution in [2.45, 2.75) is 50.3 Å². The van der Waals surface area contributed by atoms with Gasteiger partial charge in [0.1, 0.15) is 0 Å². The average molecular weight is 198 g/mol.